The minimum Gasteiger partial charge on any atom is -0.398 e. The number of ether oxygens (including phenoxy) is 1. The summed E-state index contributed by atoms with van der Waals surface area (Å²) in [6, 6.07) is 5.64. The van der Waals surface area contributed by atoms with E-state index < -0.39 is 0 Å². The number of halogens is 1. The second-order valence-electron chi connectivity index (χ2n) is 4.85. The minimum atomic E-state index is 0.243. The topological polar surface area (TPSA) is 78.8 Å². The number of aromatic nitrogens is 4. The second-order valence-corrected chi connectivity index (χ2v) is 5.26. The Kier molecular flexibility index (Phi) is 3.58. The van der Waals surface area contributed by atoms with Crippen LogP contribution in [-0.4, -0.2) is 32.9 Å². The Morgan fingerprint density at radius 1 is 1.45 bits per heavy atom. The Morgan fingerprint density at radius 3 is 2.95 bits per heavy atom. The molecule has 1 aromatic carbocycles. The van der Waals surface area contributed by atoms with Gasteiger partial charge < -0.3 is 10.5 Å². The van der Waals surface area contributed by atoms with Crippen molar-refractivity contribution in [2.24, 2.45) is 0 Å². The van der Waals surface area contributed by atoms with Crippen LogP contribution in [-0.2, 0) is 4.74 Å². The van der Waals surface area contributed by atoms with E-state index in [-0.39, 0.29) is 6.04 Å². The molecule has 1 fully saturated rings. The van der Waals surface area contributed by atoms with Gasteiger partial charge in [0.1, 0.15) is 0 Å². The van der Waals surface area contributed by atoms with Gasteiger partial charge in [-0.2, -0.15) is 0 Å². The van der Waals surface area contributed by atoms with Gasteiger partial charge in [-0.05, 0) is 42.3 Å². The normalized spacial score (nSPS) is 21.7. The maximum absolute atomic E-state index is 6.22. The van der Waals surface area contributed by atoms with Crippen LogP contribution in [0.15, 0.2) is 18.2 Å². The average molecular weight is 294 g/mol. The Morgan fingerprint density at radius 2 is 2.25 bits per heavy atom. The van der Waals surface area contributed by atoms with Crippen LogP contribution < -0.4 is 5.73 Å². The van der Waals surface area contributed by atoms with Crippen molar-refractivity contribution in [3.63, 3.8) is 0 Å². The number of rotatable bonds is 4. The predicted octanol–water partition coefficient (Wildman–Crippen LogP) is 2.32. The van der Waals surface area contributed by atoms with E-state index in [1.165, 1.54) is 0 Å². The lowest BCUT2D eigenvalue weighted by Crippen LogP contribution is -2.34. The van der Waals surface area contributed by atoms with Gasteiger partial charge in [-0.25, -0.2) is 4.68 Å². The Bertz CT molecular complexity index is 588. The van der Waals surface area contributed by atoms with Crippen LogP contribution >= 0.6 is 11.6 Å². The van der Waals surface area contributed by atoms with Gasteiger partial charge in [0.2, 0.25) is 0 Å². The van der Waals surface area contributed by atoms with Gasteiger partial charge in [0.15, 0.2) is 5.82 Å². The molecule has 2 aromatic rings. The number of nitrogens with zero attached hydrogens (tertiary/aromatic N) is 4. The first-order valence-electron chi connectivity index (χ1n) is 6.64. The first kappa shape index (κ1) is 13.3. The molecule has 1 aliphatic carbocycles. The number of tetrazole rings is 1. The molecular weight excluding hydrogens is 278 g/mol. The third kappa shape index (κ3) is 2.25. The molecule has 20 heavy (non-hydrogen) atoms. The highest BCUT2D eigenvalue weighted by molar-refractivity contribution is 6.33. The van der Waals surface area contributed by atoms with E-state index in [1.54, 1.807) is 16.8 Å². The summed E-state index contributed by atoms with van der Waals surface area (Å²) in [5.74, 6) is 0.619. The van der Waals surface area contributed by atoms with Crippen molar-refractivity contribution in [2.75, 3.05) is 12.3 Å². The van der Waals surface area contributed by atoms with Gasteiger partial charge in [-0.3, -0.25) is 0 Å². The van der Waals surface area contributed by atoms with Gasteiger partial charge in [-0.15, -0.1) is 5.10 Å². The quantitative estimate of drug-likeness (QED) is 0.875. The van der Waals surface area contributed by atoms with E-state index >= 15 is 0 Å². The minimum absolute atomic E-state index is 0.243. The molecule has 6 nitrogen and oxygen atoms in total. The summed E-state index contributed by atoms with van der Waals surface area (Å²) in [4.78, 5) is 0. The number of benzene rings is 1. The molecule has 0 saturated heterocycles. The maximum atomic E-state index is 6.22. The van der Waals surface area contributed by atoms with Gasteiger partial charge >= 0.3 is 0 Å². The average Bonchev–Trinajstić information content (AvgIpc) is 2.82. The summed E-state index contributed by atoms with van der Waals surface area (Å²) < 4.78 is 7.37. The first-order chi connectivity index (χ1) is 9.70. The van der Waals surface area contributed by atoms with E-state index in [1.807, 2.05) is 13.0 Å². The molecule has 0 bridgehead atoms. The van der Waals surface area contributed by atoms with Gasteiger partial charge in [0, 0.05) is 12.3 Å². The zero-order valence-electron chi connectivity index (χ0n) is 11.2. The lowest BCUT2D eigenvalue weighted by molar-refractivity contribution is -0.0227. The van der Waals surface area contributed by atoms with Crippen molar-refractivity contribution in [3.8, 4) is 11.4 Å². The zero-order valence-corrected chi connectivity index (χ0v) is 11.9. The lowest BCUT2D eigenvalue weighted by atomic mass is 9.89. The molecule has 1 aliphatic rings. The van der Waals surface area contributed by atoms with Crippen molar-refractivity contribution in [1.82, 2.24) is 20.2 Å². The van der Waals surface area contributed by atoms with Crippen molar-refractivity contribution in [3.05, 3.63) is 23.2 Å². The molecule has 3 rings (SSSR count). The van der Waals surface area contributed by atoms with Crippen LogP contribution in [0.3, 0.4) is 0 Å². The summed E-state index contributed by atoms with van der Waals surface area (Å²) in [6.07, 6.45) is 2.12. The third-order valence-corrected chi connectivity index (χ3v) is 3.90. The van der Waals surface area contributed by atoms with Crippen molar-refractivity contribution >= 4 is 17.3 Å². The lowest BCUT2D eigenvalue weighted by Gasteiger charge is -2.34. The molecule has 0 aliphatic heterocycles. The molecule has 1 aromatic heterocycles. The van der Waals surface area contributed by atoms with Gasteiger partial charge in [0.05, 0.1) is 22.7 Å². The van der Waals surface area contributed by atoms with Crippen LogP contribution in [0.1, 0.15) is 25.8 Å². The highest BCUT2D eigenvalue weighted by Gasteiger charge is 2.34. The fourth-order valence-electron chi connectivity index (χ4n) is 2.49. The molecule has 0 amide bonds. The molecule has 1 heterocycles. The molecule has 106 valence electrons. The summed E-state index contributed by atoms with van der Waals surface area (Å²) in [5, 5.41) is 12.5. The fraction of sp³-hybridized carbons (Fsp3) is 0.462. The van der Waals surface area contributed by atoms with Crippen LogP contribution in [0.4, 0.5) is 5.69 Å². The van der Waals surface area contributed by atoms with Gasteiger partial charge in [0.25, 0.3) is 0 Å². The van der Waals surface area contributed by atoms with E-state index in [2.05, 4.69) is 15.5 Å². The standard InChI is InChI=1S/C13H16ClN5O/c1-2-20-9-6-8(7-9)19-13(16-17-18-19)12-10(14)4-3-5-11(12)15/h3-5,8-9H,2,6-7,15H2,1H3. The smallest absolute Gasteiger partial charge is 0.185 e. The predicted molar refractivity (Wildman–Crippen MR) is 76.4 cm³/mol. The third-order valence-electron chi connectivity index (χ3n) is 3.58. The summed E-state index contributed by atoms with van der Waals surface area (Å²) in [6.45, 7) is 2.73. The number of anilines is 1. The van der Waals surface area contributed by atoms with Crippen molar-refractivity contribution in [1.29, 1.82) is 0 Å². The van der Waals surface area contributed by atoms with E-state index in [0.29, 0.717) is 28.2 Å². The molecule has 0 spiro atoms. The number of nitrogens with two attached hydrogens (primary N) is 1. The number of hydrogen-bond donors (Lipinski definition) is 1. The molecule has 0 unspecified atom stereocenters. The zero-order chi connectivity index (χ0) is 14.1. The monoisotopic (exact) mass is 293 g/mol. The largest absolute Gasteiger partial charge is 0.398 e. The molecule has 7 heteroatoms. The van der Waals surface area contributed by atoms with Crippen molar-refractivity contribution < 1.29 is 4.74 Å². The highest BCUT2D eigenvalue weighted by Crippen LogP contribution is 2.38. The Balaban J connectivity index is 1.88. The second kappa shape index (κ2) is 5.38. The van der Waals surface area contributed by atoms with Crippen LogP contribution in [0.2, 0.25) is 5.02 Å². The molecule has 0 radical (unpaired) electrons. The first-order valence-corrected chi connectivity index (χ1v) is 7.02. The molecular formula is C13H16ClN5O. The Hall–Kier alpha value is -1.66. The van der Waals surface area contributed by atoms with Crippen molar-refractivity contribution in [2.45, 2.75) is 31.9 Å². The van der Waals surface area contributed by atoms with E-state index in [0.717, 1.165) is 19.4 Å². The fourth-order valence-corrected chi connectivity index (χ4v) is 2.76. The number of hydrogen-bond acceptors (Lipinski definition) is 5. The SMILES string of the molecule is CCOC1CC(n2nnnc2-c2c(N)cccc2Cl)C1. The molecule has 1 saturated carbocycles. The molecule has 2 N–H and O–H groups in total. The summed E-state index contributed by atoms with van der Waals surface area (Å²) in [7, 11) is 0. The Labute approximate surface area is 121 Å². The maximum Gasteiger partial charge on any atom is 0.185 e. The van der Waals surface area contributed by atoms with E-state index in [9.17, 15) is 0 Å². The van der Waals surface area contributed by atoms with Crippen LogP contribution in [0, 0.1) is 0 Å². The summed E-state index contributed by atoms with van der Waals surface area (Å²) >= 11 is 6.22. The number of nitrogen functional groups attached to an aromatic ring is 1. The highest BCUT2D eigenvalue weighted by atomic mass is 35.5. The van der Waals surface area contributed by atoms with Gasteiger partial charge in [-0.1, -0.05) is 17.7 Å². The van der Waals surface area contributed by atoms with Crippen LogP contribution in [0.5, 0.6) is 0 Å². The van der Waals surface area contributed by atoms with E-state index in [4.69, 9.17) is 22.1 Å². The summed E-state index contributed by atoms with van der Waals surface area (Å²) in [5.41, 5.74) is 7.27. The van der Waals surface area contributed by atoms with Crippen LogP contribution in [0.25, 0.3) is 11.4 Å². The molecule has 0 atom stereocenters.